The van der Waals surface area contributed by atoms with Crippen LogP contribution in [0, 0.1) is 17.3 Å². The van der Waals surface area contributed by atoms with Gasteiger partial charge in [-0.2, -0.15) is 0 Å². The van der Waals surface area contributed by atoms with Gasteiger partial charge in [0.1, 0.15) is 0 Å². The van der Waals surface area contributed by atoms with Gasteiger partial charge in [0, 0.05) is 37.1 Å². The van der Waals surface area contributed by atoms with E-state index in [4.69, 9.17) is 4.74 Å². The van der Waals surface area contributed by atoms with Crippen LogP contribution in [-0.4, -0.2) is 68.3 Å². The molecule has 4 rings (SSSR count). The van der Waals surface area contributed by atoms with Gasteiger partial charge < -0.3 is 19.9 Å². The Labute approximate surface area is 146 Å². The van der Waals surface area contributed by atoms with Gasteiger partial charge in [-0.25, -0.2) is 4.79 Å². The fourth-order valence-corrected chi connectivity index (χ4v) is 5.55. The molecule has 3 atom stereocenters. The average molecular weight is 335 g/mol. The van der Waals surface area contributed by atoms with Crippen LogP contribution in [0.25, 0.3) is 0 Å². The number of rotatable bonds is 4. The number of urea groups is 1. The first-order chi connectivity index (χ1) is 11.6. The number of carbonyl (C=O) groups excluding carboxylic acids is 1. The van der Waals surface area contributed by atoms with Crippen LogP contribution in [0.5, 0.6) is 0 Å². The number of carbonyl (C=O) groups is 1. The predicted molar refractivity (Wildman–Crippen MR) is 93.9 cm³/mol. The van der Waals surface area contributed by atoms with Crippen LogP contribution in [0.1, 0.15) is 44.9 Å². The van der Waals surface area contributed by atoms with E-state index in [2.05, 4.69) is 29.2 Å². The van der Waals surface area contributed by atoms with E-state index in [-0.39, 0.29) is 6.03 Å². The summed E-state index contributed by atoms with van der Waals surface area (Å²) >= 11 is 0. The summed E-state index contributed by atoms with van der Waals surface area (Å²) in [4.78, 5) is 17.1. The summed E-state index contributed by atoms with van der Waals surface area (Å²) in [5, 5.41) is 3.41. The fourth-order valence-electron chi connectivity index (χ4n) is 5.55. The van der Waals surface area contributed by atoms with Crippen molar-refractivity contribution < 1.29 is 9.53 Å². The van der Waals surface area contributed by atoms with Crippen molar-refractivity contribution in [2.75, 3.05) is 40.3 Å². The molecule has 136 valence electrons. The van der Waals surface area contributed by atoms with E-state index >= 15 is 0 Å². The second-order valence-electron chi connectivity index (χ2n) is 8.78. The molecule has 2 amide bonds. The lowest BCUT2D eigenvalue weighted by atomic mass is 9.46. The second kappa shape index (κ2) is 6.49. The van der Waals surface area contributed by atoms with Crippen LogP contribution in [0.15, 0.2) is 0 Å². The summed E-state index contributed by atoms with van der Waals surface area (Å²) in [6, 6.07) is 0.556. The third-order valence-electron chi connectivity index (χ3n) is 7.20. The lowest BCUT2D eigenvalue weighted by molar-refractivity contribution is -0.172. The van der Waals surface area contributed by atoms with E-state index in [1.807, 2.05) is 0 Å². The quantitative estimate of drug-likeness (QED) is 0.857. The summed E-state index contributed by atoms with van der Waals surface area (Å²) in [6.45, 7) is 3.90. The van der Waals surface area contributed by atoms with Crippen LogP contribution in [0.2, 0.25) is 0 Å². The number of fused-ring (bicyclic) bond motifs is 2. The van der Waals surface area contributed by atoms with Crippen molar-refractivity contribution in [3.8, 4) is 0 Å². The second-order valence-corrected chi connectivity index (χ2v) is 8.78. The molecule has 2 aliphatic carbocycles. The topological polar surface area (TPSA) is 44.8 Å². The molecule has 0 aromatic carbocycles. The fraction of sp³-hybridized carbons (Fsp3) is 0.947. The number of nitrogens with one attached hydrogen (secondary N) is 1. The van der Waals surface area contributed by atoms with Gasteiger partial charge in [-0.15, -0.1) is 0 Å². The van der Waals surface area contributed by atoms with Gasteiger partial charge in [-0.1, -0.05) is 6.42 Å². The Morgan fingerprint density at radius 2 is 2.00 bits per heavy atom. The molecule has 2 saturated carbocycles. The molecule has 4 aliphatic rings. The van der Waals surface area contributed by atoms with Crippen LogP contribution in [0.4, 0.5) is 4.79 Å². The zero-order valence-corrected chi connectivity index (χ0v) is 15.3. The number of amides is 2. The zero-order chi connectivity index (χ0) is 16.7. The van der Waals surface area contributed by atoms with Crippen LogP contribution >= 0.6 is 0 Å². The Morgan fingerprint density at radius 1 is 1.25 bits per heavy atom. The Hall–Kier alpha value is -0.810. The van der Waals surface area contributed by atoms with Crippen molar-refractivity contribution in [2.24, 2.45) is 17.3 Å². The van der Waals surface area contributed by atoms with Crippen molar-refractivity contribution in [3.05, 3.63) is 0 Å². The molecule has 0 unspecified atom stereocenters. The zero-order valence-electron chi connectivity index (χ0n) is 15.3. The van der Waals surface area contributed by atoms with Gasteiger partial charge in [0.15, 0.2) is 0 Å². The molecular formula is C19H33N3O2. The summed E-state index contributed by atoms with van der Waals surface area (Å²) in [7, 11) is 4.27. The number of likely N-dealkylation sites (tertiary alicyclic amines) is 1. The van der Waals surface area contributed by atoms with Crippen molar-refractivity contribution in [1.82, 2.24) is 15.1 Å². The van der Waals surface area contributed by atoms with E-state index in [1.165, 1.54) is 25.7 Å². The van der Waals surface area contributed by atoms with Gasteiger partial charge in [0.2, 0.25) is 0 Å². The van der Waals surface area contributed by atoms with Gasteiger partial charge in [-0.05, 0) is 65.1 Å². The van der Waals surface area contributed by atoms with Crippen molar-refractivity contribution in [2.45, 2.75) is 57.1 Å². The smallest absolute Gasteiger partial charge is 0.317 e. The van der Waals surface area contributed by atoms with Gasteiger partial charge in [0.25, 0.3) is 0 Å². The first-order valence-electron chi connectivity index (χ1n) is 9.92. The molecule has 2 saturated heterocycles. The molecule has 5 heteroatoms. The van der Waals surface area contributed by atoms with Gasteiger partial charge in [0.05, 0.1) is 6.10 Å². The highest BCUT2D eigenvalue weighted by Gasteiger charge is 2.67. The Kier molecular flexibility index (Phi) is 4.50. The molecule has 2 heterocycles. The first kappa shape index (κ1) is 16.6. The molecular weight excluding hydrogens is 302 g/mol. The Morgan fingerprint density at radius 3 is 2.62 bits per heavy atom. The van der Waals surface area contributed by atoms with Crippen molar-refractivity contribution in [1.29, 1.82) is 0 Å². The van der Waals surface area contributed by atoms with Gasteiger partial charge >= 0.3 is 6.03 Å². The molecule has 2 aliphatic heterocycles. The van der Waals surface area contributed by atoms with Crippen LogP contribution < -0.4 is 5.32 Å². The largest absolute Gasteiger partial charge is 0.377 e. The highest BCUT2D eigenvalue weighted by Crippen LogP contribution is 2.62. The highest BCUT2D eigenvalue weighted by atomic mass is 16.5. The number of hydrogen-bond acceptors (Lipinski definition) is 3. The monoisotopic (exact) mass is 335 g/mol. The van der Waals surface area contributed by atoms with Crippen LogP contribution in [-0.2, 0) is 4.74 Å². The molecule has 0 radical (unpaired) electrons. The van der Waals surface area contributed by atoms with Crippen molar-refractivity contribution in [3.63, 3.8) is 0 Å². The molecule has 0 bridgehead atoms. The number of nitrogens with zero attached hydrogens (tertiary/aromatic N) is 2. The maximum atomic E-state index is 12.8. The van der Waals surface area contributed by atoms with E-state index in [1.54, 1.807) is 0 Å². The summed E-state index contributed by atoms with van der Waals surface area (Å²) < 4.78 is 5.96. The van der Waals surface area contributed by atoms with E-state index < -0.39 is 0 Å². The normalized spacial score (nSPS) is 34.8. The Bertz CT molecular complexity index is 469. The highest BCUT2D eigenvalue weighted by molar-refractivity contribution is 5.75. The Balaban J connectivity index is 1.27. The third kappa shape index (κ3) is 2.74. The van der Waals surface area contributed by atoms with E-state index in [0.717, 1.165) is 51.4 Å². The van der Waals surface area contributed by atoms with E-state index in [9.17, 15) is 4.79 Å². The molecule has 0 aromatic rings. The predicted octanol–water partition coefficient (Wildman–Crippen LogP) is 2.32. The summed E-state index contributed by atoms with van der Waals surface area (Å²) in [5.41, 5.74) is 0.293. The molecule has 24 heavy (non-hydrogen) atoms. The maximum absolute atomic E-state index is 12.8. The van der Waals surface area contributed by atoms with Crippen molar-refractivity contribution >= 4 is 6.03 Å². The number of piperidine rings is 1. The van der Waals surface area contributed by atoms with Crippen LogP contribution in [0.3, 0.4) is 0 Å². The first-order valence-corrected chi connectivity index (χ1v) is 9.92. The molecule has 4 fully saturated rings. The van der Waals surface area contributed by atoms with E-state index in [0.29, 0.717) is 23.5 Å². The molecule has 1 N–H and O–H groups in total. The molecule has 5 nitrogen and oxygen atoms in total. The third-order valence-corrected chi connectivity index (χ3v) is 7.20. The number of ether oxygens (including phenoxy) is 1. The SMILES string of the molecule is CN(C)CCC1CCN(C(=O)N[C@@H]2[C@H]3CCO[C@@H]3C23CCC3)CC1. The minimum absolute atomic E-state index is 0.183. The molecule has 0 aromatic heterocycles. The minimum Gasteiger partial charge on any atom is -0.377 e. The standard InChI is InChI=1S/C19H33N3O2/c1-21(2)10-4-14-5-11-22(12-6-14)18(23)20-16-15-7-13-24-17(15)19(16)8-3-9-19/h14-17H,3-13H2,1-2H3,(H,20,23)/t15-,16-,17+/m1/s1. The lowest BCUT2D eigenvalue weighted by Crippen LogP contribution is -2.72. The minimum atomic E-state index is 0.183. The number of hydrogen-bond donors (Lipinski definition) is 1. The molecule has 1 spiro atoms. The maximum Gasteiger partial charge on any atom is 0.317 e. The van der Waals surface area contributed by atoms with Gasteiger partial charge in [-0.3, -0.25) is 0 Å². The summed E-state index contributed by atoms with van der Waals surface area (Å²) in [5.74, 6) is 1.36. The average Bonchev–Trinajstić information content (AvgIpc) is 2.94. The lowest BCUT2D eigenvalue weighted by Gasteiger charge is -2.63. The summed E-state index contributed by atoms with van der Waals surface area (Å²) in [6.07, 6.45) is 8.93.